The number of esters is 1. The first kappa shape index (κ1) is 35.2. The zero-order chi connectivity index (χ0) is 34.2. The Bertz CT molecular complexity index is 1240. The Balaban J connectivity index is 1.17. The Hall–Kier alpha value is -1.63. The van der Waals surface area contributed by atoms with E-state index in [0.29, 0.717) is 48.1 Å². The fraction of sp³-hybridized carbons (Fsp3) is 0.925. The van der Waals surface area contributed by atoms with Crippen molar-refractivity contribution in [3.05, 3.63) is 0 Å². The number of hydrogen-bond donors (Lipinski definition) is 3. The van der Waals surface area contributed by atoms with Crippen molar-refractivity contribution in [3.63, 3.8) is 0 Å². The van der Waals surface area contributed by atoms with Crippen LogP contribution >= 0.6 is 0 Å². The van der Waals surface area contributed by atoms with Gasteiger partial charge in [0, 0.05) is 23.9 Å². The predicted octanol–water partition coefficient (Wildman–Crippen LogP) is 8.03. The van der Waals surface area contributed by atoms with Gasteiger partial charge in [-0.05, 0) is 149 Å². The van der Waals surface area contributed by atoms with E-state index >= 15 is 0 Å². The number of aliphatic carboxylic acids is 1. The number of nitrogens with two attached hydrogens (primary N) is 1. The molecule has 0 aromatic heterocycles. The van der Waals surface area contributed by atoms with E-state index in [4.69, 9.17) is 10.5 Å². The lowest BCUT2D eigenvalue weighted by Gasteiger charge is -2.72. The van der Waals surface area contributed by atoms with Crippen molar-refractivity contribution >= 4 is 17.8 Å². The summed E-state index contributed by atoms with van der Waals surface area (Å²) in [6.45, 7) is 15.7. The molecule has 2 unspecified atom stereocenters. The monoisotopic (exact) mass is 654 g/mol. The number of hydrogen-bond acceptors (Lipinski definition) is 5. The first-order chi connectivity index (χ1) is 21.9. The summed E-state index contributed by atoms with van der Waals surface area (Å²) in [5, 5.41) is 13.0. The molecule has 0 heterocycles. The number of carboxylic acids is 1. The van der Waals surface area contributed by atoms with Crippen LogP contribution in [-0.4, -0.2) is 41.1 Å². The molecule has 0 spiro atoms. The van der Waals surface area contributed by atoms with Crippen LogP contribution in [0.5, 0.6) is 0 Å². The van der Waals surface area contributed by atoms with E-state index in [2.05, 4.69) is 39.9 Å². The van der Waals surface area contributed by atoms with Crippen LogP contribution < -0.4 is 11.1 Å². The summed E-state index contributed by atoms with van der Waals surface area (Å²) in [4.78, 5) is 38.3. The average Bonchev–Trinajstić information content (AvgIpc) is 3.39. The van der Waals surface area contributed by atoms with E-state index in [9.17, 15) is 19.5 Å². The summed E-state index contributed by atoms with van der Waals surface area (Å²) in [7, 11) is 0. The molecule has 6 aliphatic rings. The molecule has 0 bridgehead atoms. The van der Waals surface area contributed by atoms with Gasteiger partial charge in [-0.25, -0.2) is 0 Å². The Morgan fingerprint density at radius 1 is 0.787 bits per heavy atom. The van der Waals surface area contributed by atoms with E-state index in [1.165, 1.54) is 51.4 Å². The summed E-state index contributed by atoms with van der Waals surface area (Å²) in [5.74, 6) is 1.37. The SMILES string of the molecule is CC(C)(CC(=O)O[C@H]1CC[C@@]2(C)C(CC[C@]3(C)C2CC[C@@H]2[C@H]4CCC[C@]4(CC(=O)N[C@H]4CC[C@@H](N)CC4)CC[C@]23C)C1(C)C)C(=O)O. The number of ether oxygens (including phenoxy) is 1. The second-order valence-corrected chi connectivity index (χ2v) is 19.6. The first-order valence-electron chi connectivity index (χ1n) is 19.4. The van der Waals surface area contributed by atoms with E-state index in [-0.39, 0.29) is 45.6 Å². The van der Waals surface area contributed by atoms with Crippen LogP contribution in [0.3, 0.4) is 0 Å². The number of carbonyl (C=O) groups excluding carboxylic acids is 2. The molecule has 0 radical (unpaired) electrons. The molecule has 1 amide bonds. The van der Waals surface area contributed by atoms with Crippen LogP contribution in [0.2, 0.25) is 0 Å². The number of nitrogens with one attached hydrogen (secondary N) is 1. The van der Waals surface area contributed by atoms with E-state index in [0.717, 1.165) is 44.9 Å². The highest BCUT2D eigenvalue weighted by Crippen LogP contribution is 2.77. The van der Waals surface area contributed by atoms with Crippen molar-refractivity contribution in [1.29, 1.82) is 0 Å². The predicted molar refractivity (Wildman–Crippen MR) is 184 cm³/mol. The summed E-state index contributed by atoms with van der Waals surface area (Å²) in [5.41, 5.74) is 5.72. The van der Waals surface area contributed by atoms with E-state index in [1.54, 1.807) is 13.8 Å². The van der Waals surface area contributed by atoms with Gasteiger partial charge in [0.2, 0.25) is 5.91 Å². The van der Waals surface area contributed by atoms with Crippen molar-refractivity contribution in [3.8, 4) is 0 Å². The molecule has 4 N–H and O–H groups in total. The smallest absolute Gasteiger partial charge is 0.309 e. The Labute approximate surface area is 284 Å². The van der Waals surface area contributed by atoms with Gasteiger partial charge in [0.05, 0.1) is 11.8 Å². The highest BCUT2D eigenvalue weighted by molar-refractivity contribution is 5.81. The van der Waals surface area contributed by atoms with Gasteiger partial charge in [-0.2, -0.15) is 0 Å². The minimum Gasteiger partial charge on any atom is -0.481 e. The van der Waals surface area contributed by atoms with Gasteiger partial charge in [-0.15, -0.1) is 0 Å². The average molecular weight is 655 g/mol. The lowest BCUT2D eigenvalue weighted by molar-refractivity contribution is -0.248. The minimum absolute atomic E-state index is 0.100. The maximum Gasteiger partial charge on any atom is 0.309 e. The third kappa shape index (κ3) is 5.68. The number of fused-ring (bicyclic) bond motifs is 7. The lowest BCUT2D eigenvalue weighted by atomic mass is 9.32. The largest absolute Gasteiger partial charge is 0.481 e. The highest BCUT2D eigenvalue weighted by atomic mass is 16.5. The zero-order valence-electron chi connectivity index (χ0n) is 30.7. The maximum atomic E-state index is 13.6. The fourth-order valence-corrected chi connectivity index (χ4v) is 13.7. The molecule has 6 aliphatic carbocycles. The summed E-state index contributed by atoms with van der Waals surface area (Å²) in [6.07, 6.45) is 17.5. The Kier molecular flexibility index (Phi) is 8.99. The topological polar surface area (TPSA) is 119 Å². The van der Waals surface area contributed by atoms with Gasteiger partial charge >= 0.3 is 11.9 Å². The van der Waals surface area contributed by atoms with Crippen LogP contribution in [0.4, 0.5) is 0 Å². The summed E-state index contributed by atoms with van der Waals surface area (Å²) >= 11 is 0. The minimum atomic E-state index is -1.13. The third-order valence-corrected chi connectivity index (χ3v) is 16.6. The standard InChI is InChI=1S/C40H66N2O5/c1-35(2,34(45)46)24-33(44)47-31-17-19-37(5)29(36(31,3)4)16-20-39(7)30(37)15-14-27-28-9-8-18-40(28,22-21-38(27,39)6)23-32(43)42-26-12-10-25(41)11-13-26/h25-31H,8-24,41H2,1-7H3,(H,42,43)(H,45,46)/t25-,26+,27-,28-,29?,30?,31+,37+,38-,39-,40-/m1/s1. The quantitative estimate of drug-likeness (QED) is 0.239. The number of carboxylic acid groups (broad SMARTS) is 1. The Morgan fingerprint density at radius 3 is 2.17 bits per heavy atom. The van der Waals surface area contributed by atoms with Gasteiger partial charge in [0.15, 0.2) is 0 Å². The molecule has 0 saturated heterocycles. The number of carbonyl (C=O) groups is 3. The molecule has 6 rings (SSSR count). The van der Waals surface area contributed by atoms with E-state index < -0.39 is 11.4 Å². The fourth-order valence-electron chi connectivity index (χ4n) is 13.7. The maximum absolute atomic E-state index is 13.6. The molecule has 7 nitrogen and oxygen atoms in total. The molecule has 0 aliphatic heterocycles. The van der Waals surface area contributed by atoms with E-state index in [1.807, 2.05) is 0 Å². The van der Waals surface area contributed by atoms with Crippen molar-refractivity contribution in [1.82, 2.24) is 5.32 Å². The second kappa shape index (κ2) is 12.0. The van der Waals surface area contributed by atoms with Crippen molar-refractivity contribution < 1.29 is 24.2 Å². The molecule has 6 fully saturated rings. The summed E-state index contributed by atoms with van der Waals surface area (Å²) in [6, 6.07) is 0.602. The van der Waals surface area contributed by atoms with Crippen LogP contribution in [0.15, 0.2) is 0 Å². The number of amides is 1. The Morgan fingerprint density at radius 2 is 1.49 bits per heavy atom. The van der Waals surface area contributed by atoms with Crippen LogP contribution in [0.1, 0.15) is 158 Å². The van der Waals surface area contributed by atoms with Gasteiger partial charge in [-0.1, -0.05) is 41.0 Å². The van der Waals surface area contributed by atoms with Crippen molar-refractivity contribution in [2.75, 3.05) is 0 Å². The van der Waals surface area contributed by atoms with Crippen LogP contribution in [0.25, 0.3) is 0 Å². The van der Waals surface area contributed by atoms with Gasteiger partial charge in [0.1, 0.15) is 6.10 Å². The number of rotatable bonds is 7. The van der Waals surface area contributed by atoms with Gasteiger partial charge in [0.25, 0.3) is 0 Å². The molecule has 6 saturated carbocycles. The molecular weight excluding hydrogens is 588 g/mol. The lowest BCUT2D eigenvalue weighted by Crippen LogP contribution is -2.66. The first-order valence-corrected chi connectivity index (χ1v) is 19.4. The third-order valence-electron chi connectivity index (χ3n) is 16.6. The molecule has 9 atom stereocenters. The molecular formula is C40H66N2O5. The van der Waals surface area contributed by atoms with Crippen molar-refractivity contribution in [2.45, 2.75) is 176 Å². The highest BCUT2D eigenvalue weighted by Gasteiger charge is 2.70. The molecule has 7 heteroatoms. The zero-order valence-corrected chi connectivity index (χ0v) is 30.7. The molecule has 0 aromatic carbocycles. The van der Waals surface area contributed by atoms with Crippen LogP contribution in [-0.2, 0) is 19.1 Å². The van der Waals surface area contributed by atoms with Gasteiger partial charge < -0.3 is 20.9 Å². The normalized spacial score (nSPS) is 45.8. The second-order valence-electron chi connectivity index (χ2n) is 19.6. The molecule has 47 heavy (non-hydrogen) atoms. The van der Waals surface area contributed by atoms with Gasteiger partial charge in [-0.3, -0.25) is 14.4 Å². The van der Waals surface area contributed by atoms with Crippen LogP contribution in [0, 0.1) is 56.2 Å². The molecule has 0 aromatic rings. The summed E-state index contributed by atoms with van der Waals surface area (Å²) < 4.78 is 6.16. The van der Waals surface area contributed by atoms with Crippen molar-refractivity contribution in [2.24, 2.45) is 61.9 Å². The molecule has 266 valence electrons.